The predicted octanol–water partition coefficient (Wildman–Crippen LogP) is 2.04. The Bertz CT molecular complexity index is 566. The van der Waals surface area contributed by atoms with Crippen molar-refractivity contribution in [2.24, 2.45) is 7.05 Å². The Hall–Kier alpha value is -1.85. The molecule has 0 saturated heterocycles. The number of imidazole rings is 1. The molecule has 0 amide bonds. The lowest BCUT2D eigenvalue weighted by atomic mass is 10.1. The minimum Gasteiger partial charge on any atom is -0.485 e. The van der Waals surface area contributed by atoms with Gasteiger partial charge in [0.1, 0.15) is 18.2 Å². The molecular weight excluding hydrogens is 266 g/mol. The van der Waals surface area contributed by atoms with Crippen LogP contribution in [0.15, 0.2) is 30.6 Å². The van der Waals surface area contributed by atoms with Gasteiger partial charge in [0.2, 0.25) is 0 Å². The molecule has 0 bridgehead atoms. The second-order valence-corrected chi connectivity index (χ2v) is 4.98. The fourth-order valence-corrected chi connectivity index (χ4v) is 2.13. The van der Waals surface area contributed by atoms with Gasteiger partial charge in [-0.25, -0.2) is 4.98 Å². The highest BCUT2D eigenvalue weighted by Crippen LogP contribution is 2.24. The normalized spacial score (nSPS) is 10.8. The quantitative estimate of drug-likeness (QED) is 0.756. The van der Waals surface area contributed by atoms with E-state index in [4.69, 9.17) is 9.47 Å². The van der Waals surface area contributed by atoms with Gasteiger partial charge in [-0.3, -0.25) is 0 Å². The molecule has 1 aromatic heterocycles. The zero-order valence-corrected chi connectivity index (χ0v) is 12.9. The van der Waals surface area contributed by atoms with Crippen LogP contribution in [0, 0.1) is 6.92 Å². The maximum atomic E-state index is 6.00. The molecule has 2 aromatic rings. The van der Waals surface area contributed by atoms with Crippen LogP contribution in [0.3, 0.4) is 0 Å². The number of methoxy groups -OCH3 is 1. The lowest BCUT2D eigenvalue weighted by molar-refractivity contribution is 0.199. The summed E-state index contributed by atoms with van der Waals surface area (Å²) in [6.45, 7) is 4.82. The summed E-state index contributed by atoms with van der Waals surface area (Å²) in [5.74, 6) is 1.85. The molecule has 1 N–H and O–H groups in total. The highest BCUT2D eigenvalue weighted by atomic mass is 16.5. The van der Waals surface area contributed by atoms with Crippen LogP contribution >= 0.6 is 0 Å². The number of benzene rings is 1. The average Bonchev–Trinajstić information content (AvgIpc) is 2.88. The van der Waals surface area contributed by atoms with Gasteiger partial charge in [0.15, 0.2) is 0 Å². The second-order valence-electron chi connectivity index (χ2n) is 4.98. The van der Waals surface area contributed by atoms with Gasteiger partial charge in [0, 0.05) is 45.2 Å². The average molecular weight is 289 g/mol. The van der Waals surface area contributed by atoms with Crippen molar-refractivity contribution in [3.05, 3.63) is 47.5 Å². The van der Waals surface area contributed by atoms with Crippen molar-refractivity contribution < 1.29 is 9.47 Å². The van der Waals surface area contributed by atoms with Crippen molar-refractivity contribution in [1.29, 1.82) is 0 Å². The van der Waals surface area contributed by atoms with Crippen molar-refractivity contribution in [1.82, 2.24) is 14.9 Å². The SMILES string of the molecule is COCCNCc1cccc(C)c1OCc1nccn1C. The molecule has 114 valence electrons. The molecule has 2 rings (SSSR count). The van der Waals surface area contributed by atoms with Gasteiger partial charge in [0.25, 0.3) is 0 Å². The Morgan fingerprint density at radius 3 is 2.90 bits per heavy atom. The molecule has 5 nitrogen and oxygen atoms in total. The Balaban J connectivity index is 2.01. The summed E-state index contributed by atoms with van der Waals surface area (Å²) in [5, 5.41) is 3.35. The van der Waals surface area contributed by atoms with Crippen LogP contribution in [0.4, 0.5) is 0 Å². The maximum absolute atomic E-state index is 6.00. The first-order valence-corrected chi connectivity index (χ1v) is 7.09. The van der Waals surface area contributed by atoms with E-state index in [0.717, 1.165) is 35.8 Å². The molecule has 0 aliphatic rings. The first kappa shape index (κ1) is 15.5. The third-order valence-corrected chi connectivity index (χ3v) is 3.36. The van der Waals surface area contributed by atoms with Gasteiger partial charge in [0.05, 0.1) is 6.61 Å². The fourth-order valence-electron chi connectivity index (χ4n) is 2.13. The van der Waals surface area contributed by atoms with E-state index in [1.807, 2.05) is 17.8 Å². The lowest BCUT2D eigenvalue weighted by Gasteiger charge is -2.14. The smallest absolute Gasteiger partial charge is 0.146 e. The zero-order valence-electron chi connectivity index (χ0n) is 12.9. The monoisotopic (exact) mass is 289 g/mol. The largest absolute Gasteiger partial charge is 0.485 e. The molecule has 1 heterocycles. The molecule has 21 heavy (non-hydrogen) atoms. The summed E-state index contributed by atoms with van der Waals surface area (Å²) in [5.41, 5.74) is 2.29. The molecule has 0 aliphatic carbocycles. The van der Waals surface area contributed by atoms with E-state index >= 15 is 0 Å². The van der Waals surface area contributed by atoms with Crippen LogP contribution in [0.25, 0.3) is 0 Å². The molecular formula is C16H23N3O2. The summed E-state index contributed by atoms with van der Waals surface area (Å²) in [6.07, 6.45) is 3.70. The Labute approximate surface area is 125 Å². The summed E-state index contributed by atoms with van der Waals surface area (Å²) >= 11 is 0. The van der Waals surface area contributed by atoms with Crippen LogP contribution in [0.1, 0.15) is 17.0 Å². The molecule has 0 saturated carbocycles. The number of nitrogens with one attached hydrogen (secondary N) is 1. The molecule has 0 aliphatic heterocycles. The van der Waals surface area contributed by atoms with Gasteiger partial charge in [-0.15, -0.1) is 0 Å². The number of ether oxygens (including phenoxy) is 2. The van der Waals surface area contributed by atoms with Crippen molar-refractivity contribution in [3.63, 3.8) is 0 Å². The number of aryl methyl sites for hydroxylation is 2. The van der Waals surface area contributed by atoms with Gasteiger partial charge in [-0.05, 0) is 12.5 Å². The van der Waals surface area contributed by atoms with Gasteiger partial charge >= 0.3 is 0 Å². The number of aromatic nitrogens is 2. The van der Waals surface area contributed by atoms with Crippen molar-refractivity contribution in [3.8, 4) is 5.75 Å². The zero-order chi connectivity index (χ0) is 15.1. The number of hydrogen-bond acceptors (Lipinski definition) is 4. The Kier molecular flexibility index (Phi) is 5.78. The molecule has 0 fully saturated rings. The molecule has 0 unspecified atom stereocenters. The van der Waals surface area contributed by atoms with E-state index < -0.39 is 0 Å². The van der Waals surface area contributed by atoms with Crippen LogP contribution in [0.2, 0.25) is 0 Å². The fraction of sp³-hybridized carbons (Fsp3) is 0.438. The number of nitrogens with zero attached hydrogens (tertiary/aromatic N) is 2. The van der Waals surface area contributed by atoms with Crippen molar-refractivity contribution in [2.75, 3.05) is 20.3 Å². The van der Waals surface area contributed by atoms with Crippen LogP contribution in [0.5, 0.6) is 5.75 Å². The van der Waals surface area contributed by atoms with E-state index in [9.17, 15) is 0 Å². The summed E-state index contributed by atoms with van der Waals surface area (Å²) < 4.78 is 13.0. The standard InChI is InChI=1S/C16H23N3O2/c1-13-5-4-6-14(11-17-8-10-20-3)16(13)21-12-15-18-7-9-19(15)2/h4-7,9,17H,8,10-12H2,1-3H3. The van der Waals surface area contributed by atoms with E-state index in [1.165, 1.54) is 0 Å². The Morgan fingerprint density at radius 2 is 2.19 bits per heavy atom. The predicted molar refractivity (Wildman–Crippen MR) is 82.3 cm³/mol. The first-order chi connectivity index (χ1) is 10.2. The van der Waals surface area contributed by atoms with Gasteiger partial charge < -0.3 is 19.4 Å². The number of rotatable bonds is 8. The van der Waals surface area contributed by atoms with E-state index in [0.29, 0.717) is 13.2 Å². The molecule has 1 aromatic carbocycles. The lowest BCUT2D eigenvalue weighted by Crippen LogP contribution is -2.19. The Morgan fingerprint density at radius 1 is 1.33 bits per heavy atom. The van der Waals surface area contributed by atoms with E-state index in [-0.39, 0.29) is 0 Å². The topological polar surface area (TPSA) is 48.3 Å². The minimum atomic E-state index is 0.472. The third kappa shape index (κ3) is 4.31. The summed E-state index contributed by atoms with van der Waals surface area (Å²) in [7, 11) is 3.67. The van der Waals surface area contributed by atoms with Crippen LogP contribution in [-0.2, 0) is 24.9 Å². The van der Waals surface area contributed by atoms with E-state index in [2.05, 4.69) is 35.4 Å². The minimum absolute atomic E-state index is 0.472. The number of para-hydroxylation sites is 1. The van der Waals surface area contributed by atoms with Crippen LogP contribution in [-0.4, -0.2) is 29.8 Å². The van der Waals surface area contributed by atoms with Gasteiger partial charge in [-0.2, -0.15) is 0 Å². The molecule has 5 heteroatoms. The molecule has 0 spiro atoms. The van der Waals surface area contributed by atoms with E-state index in [1.54, 1.807) is 13.3 Å². The highest BCUT2D eigenvalue weighted by Gasteiger charge is 2.08. The van der Waals surface area contributed by atoms with Crippen molar-refractivity contribution >= 4 is 0 Å². The van der Waals surface area contributed by atoms with Crippen LogP contribution < -0.4 is 10.1 Å². The van der Waals surface area contributed by atoms with Gasteiger partial charge in [-0.1, -0.05) is 18.2 Å². The summed E-state index contributed by atoms with van der Waals surface area (Å²) in [4.78, 5) is 4.28. The molecule has 0 atom stereocenters. The molecule has 0 radical (unpaired) electrons. The second kappa shape index (κ2) is 7.81. The highest BCUT2D eigenvalue weighted by molar-refractivity contribution is 5.40. The number of hydrogen-bond donors (Lipinski definition) is 1. The van der Waals surface area contributed by atoms with Crippen molar-refractivity contribution in [2.45, 2.75) is 20.1 Å². The third-order valence-electron chi connectivity index (χ3n) is 3.36. The first-order valence-electron chi connectivity index (χ1n) is 7.09. The summed E-state index contributed by atoms with van der Waals surface area (Å²) in [6, 6.07) is 6.20. The maximum Gasteiger partial charge on any atom is 0.146 e.